The van der Waals surface area contributed by atoms with E-state index in [9.17, 15) is 9.59 Å². The lowest BCUT2D eigenvalue weighted by molar-refractivity contribution is -0.113. The molecule has 0 amide bonds. The highest BCUT2D eigenvalue weighted by Gasteiger charge is 2.13. The van der Waals surface area contributed by atoms with Crippen LogP contribution in [-0.4, -0.2) is 12.1 Å². The molecular formula is C13H10O2. The highest BCUT2D eigenvalue weighted by Crippen LogP contribution is 2.25. The summed E-state index contributed by atoms with van der Waals surface area (Å²) in [6.07, 6.45) is 4.34. The molecule has 0 bridgehead atoms. The number of allylic oxidation sites excluding steroid dienone is 4. The van der Waals surface area contributed by atoms with E-state index in [0.717, 1.165) is 17.4 Å². The molecule has 0 aliphatic heterocycles. The van der Waals surface area contributed by atoms with Crippen LogP contribution in [0, 0.1) is 0 Å². The molecule has 0 fully saturated rings. The zero-order valence-corrected chi connectivity index (χ0v) is 8.14. The minimum Gasteiger partial charge on any atom is -0.298 e. The fourth-order valence-corrected chi connectivity index (χ4v) is 1.60. The first-order chi connectivity index (χ1) is 7.31. The molecule has 2 rings (SSSR count). The molecule has 2 nitrogen and oxygen atoms in total. The Hall–Kier alpha value is -1.96. The molecule has 15 heavy (non-hydrogen) atoms. The van der Waals surface area contributed by atoms with Crippen molar-refractivity contribution >= 4 is 17.6 Å². The Labute approximate surface area is 87.9 Å². The van der Waals surface area contributed by atoms with Crippen molar-refractivity contribution in [2.24, 2.45) is 0 Å². The molecule has 0 saturated carbocycles. The monoisotopic (exact) mass is 198 g/mol. The molecule has 0 N–H and O–H groups in total. The fourth-order valence-electron chi connectivity index (χ4n) is 1.60. The van der Waals surface area contributed by atoms with Crippen LogP contribution in [0.15, 0.2) is 48.1 Å². The van der Waals surface area contributed by atoms with E-state index in [2.05, 4.69) is 0 Å². The molecule has 2 heteroatoms. The summed E-state index contributed by atoms with van der Waals surface area (Å²) in [4.78, 5) is 22.1. The Bertz CT molecular complexity index is 453. The van der Waals surface area contributed by atoms with Gasteiger partial charge in [0.25, 0.3) is 0 Å². The zero-order valence-electron chi connectivity index (χ0n) is 8.14. The molecule has 0 atom stereocenters. The van der Waals surface area contributed by atoms with Gasteiger partial charge >= 0.3 is 0 Å². The van der Waals surface area contributed by atoms with E-state index in [1.807, 2.05) is 30.3 Å². The summed E-state index contributed by atoms with van der Waals surface area (Å²) < 4.78 is 0. The smallest absolute Gasteiger partial charge is 0.160 e. The van der Waals surface area contributed by atoms with Crippen LogP contribution in [0.2, 0.25) is 0 Å². The SMILES string of the molecule is O=CC1=CCC(=O)C=C1c1ccccc1. The maximum Gasteiger partial charge on any atom is 0.160 e. The number of benzene rings is 1. The normalized spacial score (nSPS) is 15.6. The van der Waals surface area contributed by atoms with Gasteiger partial charge in [0.05, 0.1) is 0 Å². The predicted octanol–water partition coefficient (Wildman–Crippen LogP) is 2.17. The van der Waals surface area contributed by atoms with E-state index >= 15 is 0 Å². The summed E-state index contributed by atoms with van der Waals surface area (Å²) in [6, 6.07) is 9.46. The first-order valence-corrected chi connectivity index (χ1v) is 4.77. The molecular weight excluding hydrogens is 188 g/mol. The van der Waals surface area contributed by atoms with E-state index in [-0.39, 0.29) is 5.78 Å². The summed E-state index contributed by atoms with van der Waals surface area (Å²) in [5.41, 5.74) is 2.23. The average molecular weight is 198 g/mol. The van der Waals surface area contributed by atoms with Gasteiger partial charge in [-0.05, 0) is 17.2 Å². The number of hydrogen-bond acceptors (Lipinski definition) is 2. The zero-order chi connectivity index (χ0) is 10.7. The second kappa shape index (κ2) is 4.05. The minimum absolute atomic E-state index is 0.0412. The Morgan fingerprint density at radius 1 is 1.13 bits per heavy atom. The van der Waals surface area contributed by atoms with Crippen molar-refractivity contribution < 1.29 is 9.59 Å². The lowest BCUT2D eigenvalue weighted by Crippen LogP contribution is -2.03. The van der Waals surface area contributed by atoms with Gasteiger partial charge in [-0.25, -0.2) is 0 Å². The maximum absolute atomic E-state index is 11.3. The van der Waals surface area contributed by atoms with Gasteiger partial charge in [-0.2, -0.15) is 0 Å². The third kappa shape index (κ3) is 1.94. The molecule has 74 valence electrons. The van der Waals surface area contributed by atoms with Gasteiger partial charge in [0, 0.05) is 12.0 Å². The van der Waals surface area contributed by atoms with E-state index < -0.39 is 0 Å². The molecule has 0 saturated heterocycles. The van der Waals surface area contributed by atoms with Crippen LogP contribution in [0.4, 0.5) is 0 Å². The van der Waals surface area contributed by atoms with E-state index in [0.29, 0.717) is 12.0 Å². The number of rotatable bonds is 2. The van der Waals surface area contributed by atoms with Gasteiger partial charge in [0.15, 0.2) is 5.78 Å². The first-order valence-electron chi connectivity index (χ1n) is 4.77. The Morgan fingerprint density at radius 2 is 1.87 bits per heavy atom. The molecule has 0 unspecified atom stereocenters. The van der Waals surface area contributed by atoms with E-state index in [1.54, 1.807) is 12.2 Å². The topological polar surface area (TPSA) is 34.1 Å². The van der Waals surface area contributed by atoms with Crippen LogP contribution in [-0.2, 0) is 9.59 Å². The second-order valence-corrected chi connectivity index (χ2v) is 3.37. The first kappa shape index (κ1) is 9.59. The van der Waals surface area contributed by atoms with Gasteiger partial charge in [-0.15, -0.1) is 0 Å². The van der Waals surface area contributed by atoms with Crippen molar-refractivity contribution in [3.8, 4) is 0 Å². The lowest BCUT2D eigenvalue weighted by Gasteiger charge is -2.10. The van der Waals surface area contributed by atoms with Crippen LogP contribution in [0.5, 0.6) is 0 Å². The number of carbonyl (C=O) groups excluding carboxylic acids is 2. The lowest BCUT2D eigenvalue weighted by atomic mass is 9.92. The van der Waals surface area contributed by atoms with Gasteiger partial charge in [-0.3, -0.25) is 9.59 Å². The molecule has 0 heterocycles. The summed E-state index contributed by atoms with van der Waals surface area (Å²) in [7, 11) is 0. The van der Waals surface area contributed by atoms with Crippen LogP contribution >= 0.6 is 0 Å². The number of hydrogen-bond donors (Lipinski definition) is 0. The number of ketones is 1. The Morgan fingerprint density at radius 3 is 2.53 bits per heavy atom. The molecule has 1 aliphatic rings. The largest absolute Gasteiger partial charge is 0.298 e. The Kier molecular flexibility index (Phi) is 2.59. The van der Waals surface area contributed by atoms with Crippen LogP contribution in [0.3, 0.4) is 0 Å². The van der Waals surface area contributed by atoms with Crippen molar-refractivity contribution in [3.05, 3.63) is 53.6 Å². The summed E-state index contributed by atoms with van der Waals surface area (Å²) in [6.45, 7) is 0. The van der Waals surface area contributed by atoms with Crippen LogP contribution in [0.25, 0.3) is 5.57 Å². The molecule has 0 aromatic heterocycles. The third-order valence-electron chi connectivity index (χ3n) is 2.35. The highest BCUT2D eigenvalue weighted by atomic mass is 16.1. The summed E-state index contributed by atoms with van der Waals surface area (Å²) in [5.74, 6) is 0.0412. The Balaban J connectivity index is 2.46. The molecule has 0 spiro atoms. The second-order valence-electron chi connectivity index (χ2n) is 3.37. The molecule has 1 aromatic rings. The summed E-state index contributed by atoms with van der Waals surface area (Å²) in [5, 5.41) is 0. The predicted molar refractivity (Wildman–Crippen MR) is 58.2 cm³/mol. The average Bonchev–Trinajstić information content (AvgIpc) is 2.30. The highest BCUT2D eigenvalue weighted by molar-refractivity contribution is 6.10. The third-order valence-corrected chi connectivity index (χ3v) is 2.35. The van der Waals surface area contributed by atoms with E-state index in [4.69, 9.17) is 0 Å². The summed E-state index contributed by atoms with van der Waals surface area (Å²) >= 11 is 0. The molecule has 1 aromatic carbocycles. The van der Waals surface area contributed by atoms with Crippen molar-refractivity contribution in [3.63, 3.8) is 0 Å². The van der Waals surface area contributed by atoms with Gasteiger partial charge in [0.2, 0.25) is 0 Å². The van der Waals surface area contributed by atoms with E-state index in [1.165, 1.54) is 0 Å². The maximum atomic E-state index is 11.3. The van der Waals surface area contributed by atoms with Crippen LogP contribution < -0.4 is 0 Å². The standard InChI is InChI=1S/C13H10O2/c14-9-11-6-7-12(15)8-13(11)10-4-2-1-3-5-10/h1-6,8-9H,7H2. The quantitative estimate of drug-likeness (QED) is 0.682. The number of carbonyl (C=O) groups is 2. The number of aldehydes is 1. The van der Waals surface area contributed by atoms with Gasteiger partial charge < -0.3 is 0 Å². The van der Waals surface area contributed by atoms with Crippen molar-refractivity contribution in [1.29, 1.82) is 0 Å². The molecule has 0 radical (unpaired) electrons. The fraction of sp³-hybridized carbons (Fsp3) is 0.0769. The minimum atomic E-state index is 0.0412. The van der Waals surface area contributed by atoms with Gasteiger partial charge in [-0.1, -0.05) is 36.4 Å². The van der Waals surface area contributed by atoms with Crippen molar-refractivity contribution in [2.75, 3.05) is 0 Å². The molecule has 1 aliphatic carbocycles. The van der Waals surface area contributed by atoms with Crippen LogP contribution in [0.1, 0.15) is 12.0 Å². The van der Waals surface area contributed by atoms with Crippen molar-refractivity contribution in [1.82, 2.24) is 0 Å². The van der Waals surface area contributed by atoms with Gasteiger partial charge in [0.1, 0.15) is 6.29 Å². The van der Waals surface area contributed by atoms with Crippen molar-refractivity contribution in [2.45, 2.75) is 6.42 Å².